The van der Waals surface area contributed by atoms with Crippen LogP contribution in [-0.2, 0) is 9.59 Å². The normalized spacial score (nSPS) is 13.9. The van der Waals surface area contributed by atoms with E-state index in [1.807, 2.05) is 0 Å². The molecule has 9 heavy (non-hydrogen) atoms. The van der Waals surface area contributed by atoms with Gasteiger partial charge in [0.1, 0.15) is 5.78 Å². The minimum absolute atomic E-state index is 0.327. The van der Waals surface area contributed by atoms with Crippen molar-refractivity contribution >= 4 is 11.8 Å². The first-order valence-corrected chi connectivity index (χ1v) is 2.35. The molecule has 0 radical (unpaired) electrons. The van der Waals surface area contributed by atoms with E-state index in [1.54, 1.807) is 0 Å². The third-order valence-electron chi connectivity index (χ3n) is 0.664. The van der Waals surface area contributed by atoms with Crippen molar-refractivity contribution in [2.45, 2.75) is 12.8 Å². The van der Waals surface area contributed by atoms with Gasteiger partial charge in [0.05, 0.1) is 12.9 Å². The molecule has 0 aromatic rings. The molecular weight excluding hydrogens is 122 g/mol. The average Bonchev–Trinajstić information content (AvgIpc) is 1.86. The zero-order valence-electron chi connectivity index (χ0n) is 6.76. The lowest BCUT2D eigenvalue weighted by molar-refractivity contribution is -0.138. The predicted octanol–water partition coefficient (Wildman–Crippen LogP) is -0.621. The van der Waals surface area contributed by atoms with E-state index in [4.69, 9.17) is 13.6 Å². The number of nitrogens with two attached hydrogens (primary N) is 1. The van der Waals surface area contributed by atoms with Gasteiger partial charge in [0, 0.05) is 9.16 Å². The lowest BCUT2D eigenvalue weighted by Gasteiger charge is -1.90. The van der Waals surface area contributed by atoms with Gasteiger partial charge in [0.25, 0.3) is 0 Å². The Morgan fingerprint density at radius 1 is 1.67 bits per heavy atom. The zero-order chi connectivity index (χ0) is 9.07. The molecule has 0 amide bonds. The van der Waals surface area contributed by atoms with Crippen molar-refractivity contribution in [2.24, 2.45) is 5.73 Å². The summed E-state index contributed by atoms with van der Waals surface area (Å²) in [6.45, 7) is -0.327. The molecule has 0 saturated heterocycles. The van der Waals surface area contributed by atoms with Crippen LogP contribution in [0.15, 0.2) is 0 Å². The highest BCUT2D eigenvalue weighted by atomic mass is 16.4. The second-order valence-electron chi connectivity index (χ2n) is 1.40. The molecule has 0 atom stereocenters. The Morgan fingerprint density at radius 3 is 2.56 bits per heavy atom. The van der Waals surface area contributed by atoms with Gasteiger partial charge in [0.2, 0.25) is 0 Å². The van der Waals surface area contributed by atoms with Crippen molar-refractivity contribution in [3.8, 4) is 0 Å². The lowest BCUT2D eigenvalue weighted by Crippen LogP contribution is -2.14. The highest BCUT2D eigenvalue weighted by Gasteiger charge is 2.01. The fourth-order valence-electron chi connectivity index (χ4n) is 0.246. The fourth-order valence-corrected chi connectivity index (χ4v) is 0.246. The highest BCUT2D eigenvalue weighted by molar-refractivity contribution is 5.83. The molecule has 0 saturated carbocycles. The topological polar surface area (TPSA) is 80.4 Å². The number of carboxylic acid groups (broad SMARTS) is 1. The Balaban J connectivity index is 4.12. The summed E-state index contributed by atoms with van der Waals surface area (Å²) in [5.74, 6) is -2.24. The minimum atomic E-state index is -2.49. The molecule has 3 N–H and O–H groups in total. The summed E-state index contributed by atoms with van der Waals surface area (Å²) < 4.78 is 13.6. The SMILES string of the molecule is [2H]C([2H])(CC(=O)CN)C(=O)O. The maximum atomic E-state index is 10.5. The molecule has 0 aliphatic carbocycles. The van der Waals surface area contributed by atoms with Crippen molar-refractivity contribution in [3.05, 3.63) is 0 Å². The van der Waals surface area contributed by atoms with Gasteiger partial charge in [-0.3, -0.25) is 9.59 Å². The molecule has 0 heterocycles. The van der Waals surface area contributed by atoms with E-state index in [0.29, 0.717) is 0 Å². The zero-order valence-corrected chi connectivity index (χ0v) is 4.76. The van der Waals surface area contributed by atoms with E-state index in [0.717, 1.165) is 0 Å². The molecule has 0 spiro atoms. The summed E-state index contributed by atoms with van der Waals surface area (Å²) in [5, 5.41) is 8.22. The van der Waals surface area contributed by atoms with Crippen molar-refractivity contribution < 1.29 is 17.4 Å². The first-order chi connectivity index (χ1) is 4.90. The Hall–Kier alpha value is -0.900. The molecule has 4 heteroatoms. The van der Waals surface area contributed by atoms with Crippen LogP contribution in [0, 0.1) is 0 Å². The van der Waals surface area contributed by atoms with Crippen molar-refractivity contribution in [1.29, 1.82) is 0 Å². The number of hydrogen-bond donors (Lipinski definition) is 2. The van der Waals surface area contributed by atoms with Crippen LogP contribution >= 0.6 is 0 Å². The summed E-state index contributed by atoms with van der Waals surface area (Å²) in [5.41, 5.74) is 4.87. The van der Waals surface area contributed by atoms with E-state index in [2.05, 4.69) is 0 Å². The Kier molecular flexibility index (Phi) is 2.21. The number of carboxylic acids is 1. The maximum absolute atomic E-state index is 10.5. The fraction of sp³-hybridized carbons (Fsp3) is 0.600. The first-order valence-electron chi connectivity index (χ1n) is 3.35. The van der Waals surface area contributed by atoms with Crippen LogP contribution < -0.4 is 5.73 Å². The quantitative estimate of drug-likeness (QED) is 0.535. The summed E-state index contributed by atoms with van der Waals surface area (Å²) in [7, 11) is 0. The van der Waals surface area contributed by atoms with E-state index in [9.17, 15) is 9.59 Å². The average molecular weight is 133 g/mol. The predicted molar refractivity (Wildman–Crippen MR) is 30.9 cm³/mol. The van der Waals surface area contributed by atoms with Crippen LogP contribution in [0.4, 0.5) is 0 Å². The largest absolute Gasteiger partial charge is 0.481 e. The molecule has 0 aliphatic rings. The molecule has 4 nitrogen and oxygen atoms in total. The third-order valence-corrected chi connectivity index (χ3v) is 0.664. The van der Waals surface area contributed by atoms with Gasteiger partial charge in [-0.1, -0.05) is 0 Å². The molecule has 0 rings (SSSR count). The number of hydrogen-bond acceptors (Lipinski definition) is 3. The first kappa shape index (κ1) is 4.93. The summed E-state index contributed by atoms with van der Waals surface area (Å²) in [6.07, 6.45) is -3.16. The molecule has 0 aromatic carbocycles. The molecule has 0 bridgehead atoms. The summed E-state index contributed by atoms with van der Waals surface area (Å²) in [6, 6.07) is 0. The lowest BCUT2D eigenvalue weighted by atomic mass is 10.2. The van der Waals surface area contributed by atoms with Crippen molar-refractivity contribution in [2.75, 3.05) is 6.54 Å². The highest BCUT2D eigenvalue weighted by Crippen LogP contribution is 1.87. The van der Waals surface area contributed by atoms with Gasteiger partial charge in [-0.25, -0.2) is 0 Å². The van der Waals surface area contributed by atoms with Gasteiger partial charge in [-0.15, -0.1) is 0 Å². The number of carbonyl (C=O) groups is 2. The summed E-state index contributed by atoms with van der Waals surface area (Å²) in [4.78, 5) is 20.6. The molecule has 0 unspecified atom stereocenters. The van der Waals surface area contributed by atoms with Crippen LogP contribution in [0.2, 0.25) is 0 Å². The van der Waals surface area contributed by atoms with Crippen molar-refractivity contribution in [1.82, 2.24) is 0 Å². The maximum Gasteiger partial charge on any atom is 0.303 e. The van der Waals surface area contributed by atoms with E-state index >= 15 is 0 Å². The van der Waals surface area contributed by atoms with Gasteiger partial charge >= 0.3 is 5.97 Å². The monoisotopic (exact) mass is 133 g/mol. The van der Waals surface area contributed by atoms with Gasteiger partial charge in [-0.05, 0) is 0 Å². The Labute approximate surface area is 55.5 Å². The van der Waals surface area contributed by atoms with Crippen LogP contribution in [0.1, 0.15) is 15.5 Å². The molecule has 52 valence electrons. The minimum Gasteiger partial charge on any atom is -0.481 e. The van der Waals surface area contributed by atoms with Crippen LogP contribution in [0.25, 0.3) is 0 Å². The Bertz CT molecular complexity index is 181. The molecule has 0 aliphatic heterocycles. The number of ketones is 1. The second-order valence-corrected chi connectivity index (χ2v) is 1.40. The number of aliphatic carboxylic acids is 1. The van der Waals surface area contributed by atoms with Crippen LogP contribution in [-0.4, -0.2) is 23.4 Å². The standard InChI is InChI=1S/C5H9NO3/c6-3-4(7)1-2-5(8)9/h1-3,6H2,(H,8,9)/i2D2. The number of carbonyl (C=O) groups excluding carboxylic acids is 1. The van der Waals surface area contributed by atoms with Crippen molar-refractivity contribution in [3.63, 3.8) is 0 Å². The van der Waals surface area contributed by atoms with Crippen LogP contribution in [0.5, 0.6) is 0 Å². The molecular formula is C5H9NO3. The third kappa shape index (κ3) is 4.96. The van der Waals surface area contributed by atoms with E-state index in [-0.39, 0.29) is 6.54 Å². The molecule has 0 aromatic heterocycles. The summed E-state index contributed by atoms with van der Waals surface area (Å²) >= 11 is 0. The van der Waals surface area contributed by atoms with Gasteiger partial charge in [-0.2, -0.15) is 0 Å². The van der Waals surface area contributed by atoms with Gasteiger partial charge in [0.15, 0.2) is 0 Å². The molecule has 0 fully saturated rings. The van der Waals surface area contributed by atoms with E-state index in [1.165, 1.54) is 0 Å². The number of Topliss-reactive ketones (excluding diaryl/α,β-unsaturated/α-hetero) is 1. The smallest absolute Gasteiger partial charge is 0.303 e. The number of rotatable bonds is 4. The van der Waals surface area contributed by atoms with E-state index < -0.39 is 24.5 Å². The van der Waals surface area contributed by atoms with Crippen LogP contribution in [0.3, 0.4) is 0 Å². The Morgan fingerprint density at radius 2 is 2.22 bits per heavy atom. The second kappa shape index (κ2) is 4.03. The van der Waals surface area contributed by atoms with Gasteiger partial charge < -0.3 is 10.8 Å².